The maximum atomic E-state index is 5.38. The van der Waals surface area contributed by atoms with Gasteiger partial charge in [0.1, 0.15) is 0 Å². The molecule has 0 saturated carbocycles. The van der Waals surface area contributed by atoms with Gasteiger partial charge in [-0.15, -0.1) is 24.0 Å². The predicted octanol–water partition coefficient (Wildman–Crippen LogP) is 1.22. The van der Waals surface area contributed by atoms with Gasteiger partial charge in [-0.25, -0.2) is 0 Å². The largest absolute Gasteiger partial charge is 0.379 e. The van der Waals surface area contributed by atoms with E-state index in [1.165, 1.54) is 25.9 Å². The van der Waals surface area contributed by atoms with Gasteiger partial charge in [0, 0.05) is 39.3 Å². The molecular formula is C17H36IN5O. The van der Waals surface area contributed by atoms with Crippen LogP contribution in [0.5, 0.6) is 0 Å². The molecule has 0 amide bonds. The summed E-state index contributed by atoms with van der Waals surface area (Å²) in [6, 6.07) is 0. The lowest BCUT2D eigenvalue weighted by Gasteiger charge is -2.30. The summed E-state index contributed by atoms with van der Waals surface area (Å²) in [5.41, 5.74) is 0. The second-order valence-electron chi connectivity index (χ2n) is 6.67. The van der Waals surface area contributed by atoms with Crippen molar-refractivity contribution in [3.63, 3.8) is 0 Å². The summed E-state index contributed by atoms with van der Waals surface area (Å²) in [6.07, 6.45) is 2.68. The minimum Gasteiger partial charge on any atom is -0.379 e. The van der Waals surface area contributed by atoms with Crippen LogP contribution in [0.2, 0.25) is 0 Å². The smallest absolute Gasteiger partial charge is 0.191 e. The van der Waals surface area contributed by atoms with E-state index in [1.54, 1.807) is 0 Å². The Bertz CT molecular complexity index is 342. The van der Waals surface area contributed by atoms with Crippen LogP contribution >= 0.6 is 24.0 Å². The maximum absolute atomic E-state index is 5.38. The topological polar surface area (TPSA) is 52.1 Å². The zero-order valence-electron chi connectivity index (χ0n) is 15.4. The first-order valence-electron chi connectivity index (χ1n) is 9.32. The van der Waals surface area contributed by atoms with E-state index < -0.39 is 0 Å². The number of piperidine rings is 1. The van der Waals surface area contributed by atoms with Crippen LogP contribution in [-0.2, 0) is 4.74 Å². The fraction of sp³-hybridized carbons (Fsp3) is 0.941. The predicted molar refractivity (Wildman–Crippen MR) is 111 cm³/mol. The Morgan fingerprint density at radius 3 is 2.38 bits per heavy atom. The van der Waals surface area contributed by atoms with E-state index in [-0.39, 0.29) is 24.0 Å². The molecule has 24 heavy (non-hydrogen) atoms. The number of halogens is 1. The van der Waals surface area contributed by atoms with Gasteiger partial charge in [0.2, 0.25) is 0 Å². The standard InChI is InChI=1S/C17H35N5O.HI/c1-3-18-17(20-7-11-22-12-14-23-15-13-22)19-6-10-21-8-4-16(2)5-9-21;/h16H,3-15H2,1-2H3,(H2,18,19,20);1H. The Labute approximate surface area is 164 Å². The molecule has 0 spiro atoms. The van der Waals surface area contributed by atoms with Crippen LogP contribution < -0.4 is 10.6 Å². The summed E-state index contributed by atoms with van der Waals surface area (Å²) in [6.45, 7) is 15.6. The van der Waals surface area contributed by atoms with Crippen LogP contribution in [-0.4, -0.2) is 87.9 Å². The van der Waals surface area contributed by atoms with Gasteiger partial charge in [-0.05, 0) is 38.8 Å². The zero-order valence-corrected chi connectivity index (χ0v) is 17.8. The molecule has 0 atom stereocenters. The van der Waals surface area contributed by atoms with E-state index in [0.717, 1.165) is 70.9 Å². The SMILES string of the molecule is CCNC(=NCCN1CCOCC1)NCCN1CCC(C)CC1.I. The zero-order chi connectivity index (χ0) is 16.3. The van der Waals surface area contributed by atoms with Crippen LogP contribution in [0.4, 0.5) is 0 Å². The van der Waals surface area contributed by atoms with Crippen molar-refractivity contribution in [1.82, 2.24) is 20.4 Å². The van der Waals surface area contributed by atoms with Crippen LogP contribution in [0.25, 0.3) is 0 Å². The van der Waals surface area contributed by atoms with Crippen molar-refractivity contribution in [2.45, 2.75) is 26.7 Å². The highest BCUT2D eigenvalue weighted by molar-refractivity contribution is 14.0. The van der Waals surface area contributed by atoms with Gasteiger partial charge in [0.25, 0.3) is 0 Å². The molecular weight excluding hydrogens is 417 g/mol. The second kappa shape index (κ2) is 13.1. The lowest BCUT2D eigenvalue weighted by Crippen LogP contribution is -2.44. The van der Waals surface area contributed by atoms with Gasteiger partial charge in [-0.2, -0.15) is 0 Å². The number of hydrogen-bond acceptors (Lipinski definition) is 4. The molecule has 0 aromatic rings. The van der Waals surface area contributed by atoms with Crippen molar-refractivity contribution in [3.05, 3.63) is 0 Å². The first-order valence-corrected chi connectivity index (χ1v) is 9.32. The Morgan fingerprint density at radius 1 is 1.04 bits per heavy atom. The molecule has 2 heterocycles. The number of rotatable bonds is 7. The molecule has 0 aromatic heterocycles. The monoisotopic (exact) mass is 453 g/mol. The van der Waals surface area contributed by atoms with Crippen LogP contribution in [0.3, 0.4) is 0 Å². The molecule has 2 N–H and O–H groups in total. The Hall–Kier alpha value is -0.120. The van der Waals surface area contributed by atoms with Crippen molar-refractivity contribution in [2.24, 2.45) is 10.9 Å². The van der Waals surface area contributed by atoms with E-state index in [2.05, 4.69) is 34.3 Å². The normalized spacial score (nSPS) is 21.3. The Balaban J connectivity index is 0.00000288. The van der Waals surface area contributed by atoms with Gasteiger partial charge in [0.15, 0.2) is 5.96 Å². The maximum Gasteiger partial charge on any atom is 0.191 e. The molecule has 2 aliphatic heterocycles. The van der Waals surface area contributed by atoms with Gasteiger partial charge < -0.3 is 20.3 Å². The number of ether oxygens (including phenoxy) is 1. The lowest BCUT2D eigenvalue weighted by atomic mass is 9.99. The van der Waals surface area contributed by atoms with Crippen molar-refractivity contribution >= 4 is 29.9 Å². The van der Waals surface area contributed by atoms with Gasteiger partial charge in [-0.3, -0.25) is 9.89 Å². The van der Waals surface area contributed by atoms with E-state index in [1.807, 2.05) is 0 Å². The molecule has 142 valence electrons. The summed E-state index contributed by atoms with van der Waals surface area (Å²) in [5.74, 6) is 1.85. The van der Waals surface area contributed by atoms with Gasteiger partial charge >= 0.3 is 0 Å². The Morgan fingerprint density at radius 2 is 1.71 bits per heavy atom. The van der Waals surface area contributed by atoms with Crippen molar-refractivity contribution in [3.8, 4) is 0 Å². The molecule has 0 unspecified atom stereocenters. The molecule has 2 saturated heterocycles. The van der Waals surface area contributed by atoms with E-state index in [4.69, 9.17) is 9.73 Å². The average Bonchev–Trinajstić information content (AvgIpc) is 2.58. The summed E-state index contributed by atoms with van der Waals surface area (Å²) >= 11 is 0. The van der Waals surface area contributed by atoms with Crippen LogP contribution in [0.15, 0.2) is 4.99 Å². The van der Waals surface area contributed by atoms with E-state index in [9.17, 15) is 0 Å². The molecule has 6 nitrogen and oxygen atoms in total. The third kappa shape index (κ3) is 8.82. The number of guanidine groups is 1. The van der Waals surface area contributed by atoms with Gasteiger partial charge in [0.05, 0.1) is 19.8 Å². The van der Waals surface area contributed by atoms with E-state index in [0.29, 0.717) is 0 Å². The first kappa shape index (κ1) is 21.9. The summed E-state index contributed by atoms with van der Waals surface area (Å²) in [4.78, 5) is 9.68. The summed E-state index contributed by atoms with van der Waals surface area (Å²) in [7, 11) is 0. The number of morpholine rings is 1. The summed E-state index contributed by atoms with van der Waals surface area (Å²) in [5, 5.41) is 6.81. The van der Waals surface area contributed by atoms with Crippen molar-refractivity contribution in [2.75, 3.05) is 72.1 Å². The molecule has 0 aliphatic carbocycles. The first-order chi connectivity index (χ1) is 11.3. The summed E-state index contributed by atoms with van der Waals surface area (Å²) < 4.78 is 5.38. The highest BCUT2D eigenvalue weighted by atomic mass is 127. The molecule has 2 rings (SSSR count). The minimum absolute atomic E-state index is 0. The molecule has 0 radical (unpaired) electrons. The fourth-order valence-electron chi connectivity index (χ4n) is 3.09. The van der Waals surface area contributed by atoms with Crippen LogP contribution in [0, 0.1) is 5.92 Å². The number of nitrogens with zero attached hydrogens (tertiary/aromatic N) is 3. The number of likely N-dealkylation sites (tertiary alicyclic amines) is 1. The number of hydrogen-bond donors (Lipinski definition) is 2. The second-order valence-corrected chi connectivity index (χ2v) is 6.67. The quantitative estimate of drug-likeness (QED) is 0.345. The highest BCUT2D eigenvalue weighted by Crippen LogP contribution is 2.14. The average molecular weight is 453 g/mol. The molecule has 2 fully saturated rings. The molecule has 0 bridgehead atoms. The third-order valence-electron chi connectivity index (χ3n) is 4.73. The van der Waals surface area contributed by atoms with Crippen molar-refractivity contribution in [1.29, 1.82) is 0 Å². The number of aliphatic imine (C=N–C) groups is 1. The van der Waals surface area contributed by atoms with Crippen LogP contribution in [0.1, 0.15) is 26.7 Å². The Kier molecular flexibility index (Phi) is 12.0. The fourth-order valence-corrected chi connectivity index (χ4v) is 3.09. The lowest BCUT2D eigenvalue weighted by molar-refractivity contribution is 0.0394. The highest BCUT2D eigenvalue weighted by Gasteiger charge is 2.15. The molecule has 7 heteroatoms. The number of nitrogens with one attached hydrogen (secondary N) is 2. The van der Waals surface area contributed by atoms with Crippen molar-refractivity contribution < 1.29 is 4.74 Å². The van der Waals surface area contributed by atoms with Gasteiger partial charge in [-0.1, -0.05) is 6.92 Å². The molecule has 2 aliphatic rings. The van der Waals surface area contributed by atoms with E-state index >= 15 is 0 Å². The minimum atomic E-state index is 0. The molecule has 0 aromatic carbocycles. The third-order valence-corrected chi connectivity index (χ3v) is 4.73.